The molecule has 23 heavy (non-hydrogen) atoms. The third-order valence-electron chi connectivity index (χ3n) is 3.61. The first-order valence-corrected chi connectivity index (χ1v) is 7.49. The van der Waals surface area contributed by atoms with Gasteiger partial charge in [-0.05, 0) is 6.07 Å². The van der Waals surface area contributed by atoms with Crippen molar-refractivity contribution in [2.75, 3.05) is 6.61 Å². The van der Waals surface area contributed by atoms with Crippen molar-refractivity contribution in [2.45, 2.75) is 32.6 Å². The molecule has 122 valence electrons. The Morgan fingerprint density at radius 3 is 2.57 bits per heavy atom. The Hall–Kier alpha value is -2.08. The summed E-state index contributed by atoms with van der Waals surface area (Å²) in [7, 11) is 0. The highest BCUT2D eigenvalue weighted by Crippen LogP contribution is 2.33. The molecular formula is C16H15ClFNO4. The molecule has 0 fully saturated rings. The second-order valence-corrected chi connectivity index (χ2v) is 6.75. The van der Waals surface area contributed by atoms with Gasteiger partial charge in [-0.15, -0.1) is 0 Å². The number of Topliss-reactive ketones (excluding diaryl/α,β-unsaturated/α-hetero) is 1. The Balaban J connectivity index is 2.24. The van der Waals surface area contributed by atoms with Crippen LogP contribution in [0.5, 0.6) is 5.75 Å². The van der Waals surface area contributed by atoms with Crippen molar-refractivity contribution < 1.29 is 18.3 Å². The zero-order chi connectivity index (χ0) is 16.9. The number of fused-ring (bicyclic) bond motifs is 1. The molecule has 2 heterocycles. The number of carbonyl (C=O) groups is 1. The highest BCUT2D eigenvalue weighted by atomic mass is 35.5. The van der Waals surface area contributed by atoms with Crippen molar-refractivity contribution in [2.24, 2.45) is 0 Å². The van der Waals surface area contributed by atoms with Crippen molar-refractivity contribution in [1.82, 2.24) is 4.57 Å². The van der Waals surface area contributed by atoms with Gasteiger partial charge in [0.2, 0.25) is 0 Å². The van der Waals surface area contributed by atoms with Gasteiger partial charge in [0.1, 0.15) is 5.75 Å². The smallest absolute Gasteiger partial charge is 0.425 e. The summed E-state index contributed by atoms with van der Waals surface area (Å²) < 4.78 is 25.8. The lowest BCUT2D eigenvalue weighted by atomic mass is 9.94. The van der Waals surface area contributed by atoms with Crippen molar-refractivity contribution >= 4 is 17.4 Å². The Morgan fingerprint density at radius 2 is 1.96 bits per heavy atom. The third-order valence-corrected chi connectivity index (χ3v) is 3.95. The van der Waals surface area contributed by atoms with Crippen molar-refractivity contribution in [3.8, 4) is 11.4 Å². The highest BCUT2D eigenvalue weighted by Gasteiger charge is 2.29. The monoisotopic (exact) mass is 339 g/mol. The fraction of sp³-hybridized carbons (Fsp3) is 0.375. The van der Waals surface area contributed by atoms with Gasteiger partial charge in [0, 0.05) is 17.9 Å². The minimum Gasteiger partial charge on any atom is -0.492 e. The zero-order valence-electron chi connectivity index (χ0n) is 12.9. The molecule has 1 aromatic heterocycles. The number of aromatic nitrogens is 1. The zero-order valence-corrected chi connectivity index (χ0v) is 13.7. The molecule has 5 nitrogen and oxygen atoms in total. The molecule has 1 aliphatic rings. The number of ether oxygens (including phenoxy) is 1. The van der Waals surface area contributed by atoms with Gasteiger partial charge >= 0.3 is 5.76 Å². The minimum absolute atomic E-state index is 0.00877. The van der Waals surface area contributed by atoms with E-state index in [0.29, 0.717) is 0 Å². The van der Waals surface area contributed by atoms with Gasteiger partial charge in [-0.25, -0.2) is 13.8 Å². The predicted octanol–water partition coefficient (Wildman–Crippen LogP) is 3.49. The van der Waals surface area contributed by atoms with E-state index in [0.717, 1.165) is 10.6 Å². The molecular weight excluding hydrogens is 325 g/mol. The largest absolute Gasteiger partial charge is 0.492 e. The van der Waals surface area contributed by atoms with Crippen LogP contribution in [0.15, 0.2) is 21.3 Å². The molecule has 0 aliphatic carbocycles. The summed E-state index contributed by atoms with van der Waals surface area (Å²) in [6.45, 7) is 5.68. The molecule has 0 saturated carbocycles. The molecule has 0 unspecified atom stereocenters. The van der Waals surface area contributed by atoms with Crippen LogP contribution in [-0.4, -0.2) is 17.0 Å². The molecule has 1 aliphatic heterocycles. The van der Waals surface area contributed by atoms with E-state index in [4.69, 9.17) is 20.8 Å². The number of hydrogen-bond donors (Lipinski definition) is 0. The summed E-state index contributed by atoms with van der Waals surface area (Å²) in [5, 5.41) is -0.00877. The predicted molar refractivity (Wildman–Crippen MR) is 82.4 cm³/mol. The van der Waals surface area contributed by atoms with Crippen molar-refractivity contribution in [3.63, 3.8) is 0 Å². The second-order valence-electron chi connectivity index (χ2n) is 6.39. The summed E-state index contributed by atoms with van der Waals surface area (Å²) in [5.41, 5.74) is -0.420. The van der Waals surface area contributed by atoms with Crippen LogP contribution >= 0.6 is 11.6 Å². The molecule has 2 aromatic rings. The van der Waals surface area contributed by atoms with Gasteiger partial charge in [0.25, 0.3) is 0 Å². The lowest BCUT2D eigenvalue weighted by molar-refractivity contribution is 0.0933. The molecule has 7 heteroatoms. The molecule has 0 radical (unpaired) electrons. The van der Waals surface area contributed by atoms with E-state index >= 15 is 0 Å². The minimum atomic E-state index is -0.803. The molecule has 0 saturated heterocycles. The normalized spacial score (nSPS) is 14.6. The number of rotatable bonds is 1. The van der Waals surface area contributed by atoms with Gasteiger partial charge in [-0.2, -0.15) is 0 Å². The summed E-state index contributed by atoms with van der Waals surface area (Å²) in [4.78, 5) is 24.1. The van der Waals surface area contributed by atoms with E-state index in [1.807, 2.05) is 20.8 Å². The Kier molecular flexibility index (Phi) is 3.59. The van der Waals surface area contributed by atoms with Crippen LogP contribution in [-0.2, 0) is 5.41 Å². The summed E-state index contributed by atoms with van der Waals surface area (Å²) >= 11 is 6.23. The van der Waals surface area contributed by atoms with Crippen LogP contribution in [0.1, 0.15) is 43.3 Å². The molecule has 0 spiro atoms. The van der Waals surface area contributed by atoms with Crippen LogP contribution in [0.25, 0.3) is 5.69 Å². The number of nitrogens with zero attached hydrogens (tertiary/aromatic N) is 1. The van der Waals surface area contributed by atoms with Crippen LogP contribution in [0.2, 0.25) is 5.15 Å². The quantitative estimate of drug-likeness (QED) is 0.798. The van der Waals surface area contributed by atoms with Gasteiger partial charge in [0.05, 0.1) is 17.9 Å². The lowest BCUT2D eigenvalue weighted by Gasteiger charge is -2.18. The second kappa shape index (κ2) is 5.23. The Bertz CT molecular complexity index is 860. The van der Waals surface area contributed by atoms with E-state index in [-0.39, 0.29) is 46.7 Å². The molecule has 0 atom stereocenters. The van der Waals surface area contributed by atoms with Gasteiger partial charge in [-0.1, -0.05) is 32.4 Å². The molecule has 0 bridgehead atoms. The molecule has 1 aromatic carbocycles. The lowest BCUT2D eigenvalue weighted by Crippen LogP contribution is -2.19. The maximum Gasteiger partial charge on any atom is 0.425 e. The number of ketones is 1. The maximum absolute atomic E-state index is 14.4. The van der Waals surface area contributed by atoms with Gasteiger partial charge in [-0.3, -0.25) is 4.79 Å². The third kappa shape index (κ3) is 2.57. The van der Waals surface area contributed by atoms with Crippen LogP contribution in [0.3, 0.4) is 0 Å². The van der Waals surface area contributed by atoms with E-state index < -0.39 is 17.0 Å². The first kappa shape index (κ1) is 15.8. The Morgan fingerprint density at radius 1 is 1.26 bits per heavy atom. The SMILES string of the molecule is CC(C)(C)c1oc(=O)n(-c2cc3c(cc2F)OCCC3=O)c1Cl. The topological polar surface area (TPSA) is 61.4 Å². The number of benzene rings is 1. The molecule has 0 N–H and O–H groups in total. The molecule has 0 amide bonds. The summed E-state index contributed by atoms with van der Waals surface area (Å²) in [6, 6.07) is 2.37. The van der Waals surface area contributed by atoms with Crippen molar-refractivity contribution in [3.05, 3.63) is 45.0 Å². The fourth-order valence-electron chi connectivity index (χ4n) is 2.46. The first-order chi connectivity index (χ1) is 10.7. The van der Waals surface area contributed by atoms with Crippen LogP contribution in [0.4, 0.5) is 4.39 Å². The van der Waals surface area contributed by atoms with E-state index in [2.05, 4.69) is 0 Å². The van der Waals surface area contributed by atoms with E-state index in [1.165, 1.54) is 6.07 Å². The number of hydrogen-bond acceptors (Lipinski definition) is 4. The number of oxazole rings is 1. The average Bonchev–Trinajstić information content (AvgIpc) is 2.74. The summed E-state index contributed by atoms with van der Waals surface area (Å²) in [6.07, 6.45) is 0.208. The standard InChI is InChI=1S/C16H15ClFNO4/c1-16(2,3)13-14(17)19(15(21)23-13)10-6-8-11(20)4-5-22-12(8)7-9(10)18/h6-7H,4-5H2,1-3H3. The van der Waals surface area contributed by atoms with E-state index in [9.17, 15) is 14.0 Å². The number of carbonyl (C=O) groups excluding carboxylic acids is 1. The summed E-state index contributed by atoms with van der Waals surface area (Å²) in [5.74, 6) is -1.27. The van der Waals surface area contributed by atoms with E-state index in [1.54, 1.807) is 0 Å². The fourth-order valence-corrected chi connectivity index (χ4v) is 2.95. The average molecular weight is 340 g/mol. The first-order valence-electron chi connectivity index (χ1n) is 7.12. The van der Waals surface area contributed by atoms with Crippen LogP contribution < -0.4 is 10.5 Å². The van der Waals surface area contributed by atoms with Crippen molar-refractivity contribution in [1.29, 1.82) is 0 Å². The molecule has 3 rings (SSSR count). The maximum atomic E-state index is 14.4. The van der Waals surface area contributed by atoms with Crippen LogP contribution in [0, 0.1) is 5.82 Å². The van der Waals surface area contributed by atoms with Gasteiger partial charge < -0.3 is 9.15 Å². The highest BCUT2D eigenvalue weighted by molar-refractivity contribution is 6.30. The number of halogens is 2. The van der Waals surface area contributed by atoms with Gasteiger partial charge in [0.15, 0.2) is 22.5 Å². The Labute approximate surface area is 136 Å².